The molecule has 0 saturated carbocycles. The van der Waals surface area contributed by atoms with Gasteiger partial charge < -0.3 is 5.73 Å². The lowest BCUT2D eigenvalue weighted by Crippen LogP contribution is -1.92. The molecule has 2 aromatic rings. The van der Waals surface area contributed by atoms with E-state index in [2.05, 4.69) is 18.0 Å². The first-order valence-electron chi connectivity index (χ1n) is 4.45. The van der Waals surface area contributed by atoms with Gasteiger partial charge in [0.05, 0.1) is 0 Å². The van der Waals surface area contributed by atoms with E-state index in [9.17, 15) is 0 Å². The van der Waals surface area contributed by atoms with Gasteiger partial charge in [-0.15, -0.1) is 0 Å². The lowest BCUT2D eigenvalue weighted by Gasteiger charge is -2.04. The summed E-state index contributed by atoms with van der Waals surface area (Å²) in [5.41, 5.74) is 7.80. The van der Waals surface area contributed by atoms with Gasteiger partial charge in [-0.2, -0.15) is 0 Å². The molecule has 0 spiro atoms. The SMILES string of the molecule is CCc1nccc2c(N)cccc12. The number of nitrogens with zero attached hydrogens (tertiary/aromatic N) is 1. The number of nitrogens with two attached hydrogens (primary N) is 1. The van der Waals surface area contributed by atoms with Crippen molar-refractivity contribution in [1.82, 2.24) is 4.98 Å². The van der Waals surface area contributed by atoms with E-state index >= 15 is 0 Å². The highest BCUT2D eigenvalue weighted by Gasteiger charge is 2.01. The normalized spacial score (nSPS) is 10.5. The molecule has 0 aliphatic rings. The molecular formula is C11H12N2. The molecular weight excluding hydrogens is 160 g/mol. The topological polar surface area (TPSA) is 38.9 Å². The van der Waals surface area contributed by atoms with Crippen LogP contribution in [0.1, 0.15) is 12.6 Å². The maximum atomic E-state index is 5.85. The van der Waals surface area contributed by atoms with E-state index in [0.29, 0.717) is 0 Å². The van der Waals surface area contributed by atoms with Crippen LogP contribution in [0.2, 0.25) is 0 Å². The highest BCUT2D eigenvalue weighted by Crippen LogP contribution is 2.22. The zero-order chi connectivity index (χ0) is 9.26. The molecule has 0 radical (unpaired) electrons. The lowest BCUT2D eigenvalue weighted by atomic mass is 10.1. The number of aromatic nitrogens is 1. The Balaban J connectivity index is 2.84. The van der Waals surface area contributed by atoms with Crippen LogP contribution in [-0.4, -0.2) is 4.98 Å². The van der Waals surface area contributed by atoms with Crippen LogP contribution in [0.3, 0.4) is 0 Å². The Morgan fingerprint density at radius 1 is 1.23 bits per heavy atom. The molecule has 0 bridgehead atoms. The molecule has 0 unspecified atom stereocenters. The Labute approximate surface area is 77.4 Å². The van der Waals surface area contributed by atoms with Crippen molar-refractivity contribution in [3.63, 3.8) is 0 Å². The Morgan fingerprint density at radius 3 is 2.85 bits per heavy atom. The van der Waals surface area contributed by atoms with Crippen molar-refractivity contribution >= 4 is 16.5 Å². The van der Waals surface area contributed by atoms with Gasteiger partial charge in [-0.25, -0.2) is 0 Å². The van der Waals surface area contributed by atoms with Crippen LogP contribution in [-0.2, 0) is 6.42 Å². The summed E-state index contributed by atoms with van der Waals surface area (Å²) in [4.78, 5) is 4.31. The lowest BCUT2D eigenvalue weighted by molar-refractivity contribution is 1.06. The largest absolute Gasteiger partial charge is 0.398 e. The van der Waals surface area contributed by atoms with Crippen molar-refractivity contribution in [2.45, 2.75) is 13.3 Å². The van der Waals surface area contributed by atoms with Crippen molar-refractivity contribution in [2.24, 2.45) is 0 Å². The summed E-state index contributed by atoms with van der Waals surface area (Å²) in [6.07, 6.45) is 2.76. The van der Waals surface area contributed by atoms with E-state index in [1.54, 1.807) is 0 Å². The minimum atomic E-state index is 0.828. The fourth-order valence-electron chi connectivity index (χ4n) is 1.57. The van der Waals surface area contributed by atoms with Gasteiger partial charge in [0.1, 0.15) is 0 Å². The molecule has 13 heavy (non-hydrogen) atoms. The van der Waals surface area contributed by atoms with Crippen LogP contribution in [0, 0.1) is 0 Å². The molecule has 2 rings (SSSR count). The summed E-state index contributed by atoms with van der Waals surface area (Å²) in [6.45, 7) is 2.10. The van der Waals surface area contributed by atoms with E-state index in [0.717, 1.165) is 23.2 Å². The summed E-state index contributed by atoms with van der Waals surface area (Å²) in [7, 11) is 0. The highest BCUT2D eigenvalue weighted by atomic mass is 14.7. The first-order valence-corrected chi connectivity index (χ1v) is 4.45. The molecule has 1 heterocycles. The predicted molar refractivity (Wildman–Crippen MR) is 55.5 cm³/mol. The van der Waals surface area contributed by atoms with E-state index in [1.165, 1.54) is 5.39 Å². The predicted octanol–water partition coefficient (Wildman–Crippen LogP) is 2.38. The number of rotatable bonds is 1. The molecule has 0 amide bonds. The van der Waals surface area contributed by atoms with Gasteiger partial charge in [-0.1, -0.05) is 19.1 Å². The van der Waals surface area contributed by atoms with E-state index in [-0.39, 0.29) is 0 Å². The highest BCUT2D eigenvalue weighted by molar-refractivity contribution is 5.93. The minimum Gasteiger partial charge on any atom is -0.398 e. The van der Waals surface area contributed by atoms with Crippen LogP contribution in [0.5, 0.6) is 0 Å². The Morgan fingerprint density at radius 2 is 2.08 bits per heavy atom. The molecule has 0 aliphatic heterocycles. The zero-order valence-electron chi connectivity index (χ0n) is 7.62. The van der Waals surface area contributed by atoms with E-state index in [4.69, 9.17) is 5.73 Å². The number of pyridine rings is 1. The molecule has 1 aromatic carbocycles. The molecule has 0 aliphatic carbocycles. The molecule has 2 nitrogen and oxygen atoms in total. The molecule has 2 heteroatoms. The van der Waals surface area contributed by atoms with Gasteiger partial charge in [-0.3, -0.25) is 4.98 Å². The summed E-state index contributed by atoms with van der Waals surface area (Å²) < 4.78 is 0. The summed E-state index contributed by atoms with van der Waals surface area (Å²) in [5, 5.41) is 2.28. The number of aryl methyl sites for hydroxylation is 1. The summed E-state index contributed by atoms with van der Waals surface area (Å²) >= 11 is 0. The Bertz CT molecular complexity index is 435. The maximum absolute atomic E-state index is 5.85. The van der Waals surface area contributed by atoms with Crippen LogP contribution < -0.4 is 5.73 Å². The van der Waals surface area contributed by atoms with Crippen LogP contribution in [0.25, 0.3) is 10.8 Å². The quantitative estimate of drug-likeness (QED) is 0.671. The second-order valence-electron chi connectivity index (χ2n) is 3.05. The maximum Gasteiger partial charge on any atom is 0.0479 e. The number of hydrogen-bond acceptors (Lipinski definition) is 2. The molecule has 1 aromatic heterocycles. The van der Waals surface area contributed by atoms with Crippen molar-refractivity contribution in [2.75, 3.05) is 5.73 Å². The van der Waals surface area contributed by atoms with Gasteiger partial charge in [-0.05, 0) is 18.6 Å². The average molecular weight is 172 g/mol. The Hall–Kier alpha value is -1.57. The van der Waals surface area contributed by atoms with E-state index < -0.39 is 0 Å². The molecule has 0 atom stereocenters. The van der Waals surface area contributed by atoms with Gasteiger partial charge >= 0.3 is 0 Å². The molecule has 0 saturated heterocycles. The van der Waals surface area contributed by atoms with Crippen molar-refractivity contribution in [3.8, 4) is 0 Å². The number of nitrogen functional groups attached to an aromatic ring is 1. The van der Waals surface area contributed by atoms with Gasteiger partial charge in [0, 0.05) is 28.4 Å². The first kappa shape index (κ1) is 8.05. The standard InChI is InChI=1S/C11H12N2/c1-2-11-9-4-3-5-10(12)8(9)6-7-13-11/h3-7H,2,12H2,1H3. The minimum absolute atomic E-state index is 0.828. The van der Waals surface area contributed by atoms with E-state index in [1.807, 2.05) is 24.4 Å². The zero-order valence-corrected chi connectivity index (χ0v) is 7.62. The van der Waals surface area contributed by atoms with Gasteiger partial charge in [0.25, 0.3) is 0 Å². The van der Waals surface area contributed by atoms with Crippen molar-refractivity contribution in [1.29, 1.82) is 0 Å². The number of benzene rings is 1. The molecule has 2 N–H and O–H groups in total. The van der Waals surface area contributed by atoms with Crippen LogP contribution in [0.15, 0.2) is 30.5 Å². The second kappa shape index (κ2) is 3.05. The smallest absolute Gasteiger partial charge is 0.0479 e. The monoisotopic (exact) mass is 172 g/mol. The molecule has 66 valence electrons. The second-order valence-corrected chi connectivity index (χ2v) is 3.05. The fraction of sp³-hybridized carbons (Fsp3) is 0.182. The van der Waals surface area contributed by atoms with Gasteiger partial charge in [0.15, 0.2) is 0 Å². The number of fused-ring (bicyclic) bond motifs is 1. The summed E-state index contributed by atoms with van der Waals surface area (Å²) in [5.74, 6) is 0. The van der Waals surface area contributed by atoms with Crippen LogP contribution in [0.4, 0.5) is 5.69 Å². The fourth-order valence-corrected chi connectivity index (χ4v) is 1.57. The third kappa shape index (κ3) is 1.24. The van der Waals surface area contributed by atoms with Crippen molar-refractivity contribution in [3.05, 3.63) is 36.2 Å². The van der Waals surface area contributed by atoms with Crippen LogP contribution >= 0.6 is 0 Å². The van der Waals surface area contributed by atoms with Crippen molar-refractivity contribution < 1.29 is 0 Å². The third-order valence-electron chi connectivity index (χ3n) is 2.26. The third-order valence-corrected chi connectivity index (χ3v) is 2.26. The molecule has 0 fully saturated rings. The van der Waals surface area contributed by atoms with Gasteiger partial charge in [0.2, 0.25) is 0 Å². The average Bonchev–Trinajstić information content (AvgIpc) is 2.18. The number of anilines is 1. The first-order chi connectivity index (χ1) is 6.33. The Kier molecular flexibility index (Phi) is 1.89. The number of hydrogen-bond donors (Lipinski definition) is 1. The summed E-state index contributed by atoms with van der Waals surface area (Å²) in [6, 6.07) is 7.92.